The third-order valence-corrected chi connectivity index (χ3v) is 3.16. The molecule has 0 fully saturated rings. The number of benzene rings is 1. The van der Waals surface area contributed by atoms with Crippen molar-refractivity contribution in [1.82, 2.24) is 0 Å². The lowest BCUT2D eigenvalue weighted by atomic mass is 9.79. The smallest absolute Gasteiger partial charge is 0.00367 e. The van der Waals surface area contributed by atoms with Gasteiger partial charge in [0.05, 0.1) is 0 Å². The minimum Gasteiger partial charge on any atom is -0.330 e. The largest absolute Gasteiger partial charge is 0.330 e. The molecule has 1 aromatic rings. The zero-order valence-corrected chi connectivity index (χ0v) is 13.4. The SMILES string of the molecule is CC(C)(C)c1cc(CCN)cc(C(C)(C)C)c1.Cl. The summed E-state index contributed by atoms with van der Waals surface area (Å²) < 4.78 is 0. The van der Waals surface area contributed by atoms with E-state index in [1.165, 1.54) is 16.7 Å². The van der Waals surface area contributed by atoms with E-state index in [1.807, 2.05) is 0 Å². The highest BCUT2D eigenvalue weighted by molar-refractivity contribution is 5.85. The van der Waals surface area contributed by atoms with Crippen LogP contribution in [0.1, 0.15) is 58.2 Å². The second-order valence-corrected chi connectivity index (χ2v) is 6.96. The highest BCUT2D eigenvalue weighted by Gasteiger charge is 2.20. The van der Waals surface area contributed by atoms with Gasteiger partial charge in [-0.1, -0.05) is 59.7 Å². The molecule has 0 saturated heterocycles. The van der Waals surface area contributed by atoms with E-state index in [1.54, 1.807) is 0 Å². The first-order valence-electron chi connectivity index (χ1n) is 6.49. The van der Waals surface area contributed by atoms with Crippen LogP contribution in [-0.4, -0.2) is 6.54 Å². The minimum absolute atomic E-state index is 0. The van der Waals surface area contributed by atoms with Crippen LogP contribution in [0.25, 0.3) is 0 Å². The third-order valence-electron chi connectivity index (χ3n) is 3.16. The van der Waals surface area contributed by atoms with Gasteiger partial charge in [-0.25, -0.2) is 0 Å². The molecule has 0 saturated carbocycles. The molecule has 0 aliphatic heterocycles. The van der Waals surface area contributed by atoms with Crippen LogP contribution in [0, 0.1) is 0 Å². The van der Waals surface area contributed by atoms with E-state index < -0.39 is 0 Å². The Hall–Kier alpha value is -0.530. The van der Waals surface area contributed by atoms with Gasteiger partial charge in [-0.05, 0) is 40.5 Å². The summed E-state index contributed by atoms with van der Waals surface area (Å²) in [6.45, 7) is 14.3. The molecule has 1 rings (SSSR count). The zero-order chi connectivity index (χ0) is 13.3. The molecule has 0 aromatic heterocycles. The molecule has 0 bridgehead atoms. The summed E-state index contributed by atoms with van der Waals surface area (Å²) in [5, 5.41) is 0. The van der Waals surface area contributed by atoms with Gasteiger partial charge in [0, 0.05) is 0 Å². The lowest BCUT2D eigenvalue weighted by molar-refractivity contribution is 0.566. The first-order valence-corrected chi connectivity index (χ1v) is 6.49. The summed E-state index contributed by atoms with van der Waals surface area (Å²) in [5.74, 6) is 0. The van der Waals surface area contributed by atoms with Gasteiger partial charge in [0.15, 0.2) is 0 Å². The van der Waals surface area contributed by atoms with Crippen LogP contribution >= 0.6 is 12.4 Å². The van der Waals surface area contributed by atoms with Crippen molar-refractivity contribution in [3.8, 4) is 0 Å². The van der Waals surface area contributed by atoms with Gasteiger partial charge in [-0.2, -0.15) is 0 Å². The monoisotopic (exact) mass is 269 g/mol. The third kappa shape index (κ3) is 4.62. The van der Waals surface area contributed by atoms with Crippen LogP contribution in [0.15, 0.2) is 18.2 Å². The van der Waals surface area contributed by atoms with E-state index in [9.17, 15) is 0 Å². The predicted molar refractivity (Wildman–Crippen MR) is 83.8 cm³/mol. The average Bonchev–Trinajstić information content (AvgIpc) is 2.15. The standard InChI is InChI=1S/C16H27N.ClH/c1-15(2,3)13-9-12(7-8-17)10-14(11-13)16(4,5)6;/h9-11H,7-8,17H2,1-6H3;1H. The topological polar surface area (TPSA) is 26.0 Å². The van der Waals surface area contributed by atoms with Crippen LogP contribution in [0.5, 0.6) is 0 Å². The van der Waals surface area contributed by atoms with Crippen LogP contribution in [-0.2, 0) is 17.3 Å². The molecule has 18 heavy (non-hydrogen) atoms. The minimum atomic E-state index is 0. The lowest BCUT2D eigenvalue weighted by Gasteiger charge is -2.26. The van der Waals surface area contributed by atoms with E-state index >= 15 is 0 Å². The molecule has 1 nitrogen and oxygen atoms in total. The molecule has 2 heteroatoms. The van der Waals surface area contributed by atoms with Gasteiger partial charge in [-0.15, -0.1) is 12.4 Å². The Morgan fingerprint density at radius 3 is 1.50 bits per heavy atom. The van der Waals surface area contributed by atoms with Crippen molar-refractivity contribution >= 4 is 12.4 Å². The predicted octanol–water partition coefficient (Wildman–Crippen LogP) is 4.20. The molecular weight excluding hydrogens is 242 g/mol. The summed E-state index contributed by atoms with van der Waals surface area (Å²) in [4.78, 5) is 0. The van der Waals surface area contributed by atoms with E-state index in [0.717, 1.165) is 13.0 Å². The number of nitrogens with two attached hydrogens (primary N) is 1. The summed E-state index contributed by atoms with van der Waals surface area (Å²) in [6.07, 6.45) is 0.965. The molecule has 0 aliphatic carbocycles. The maximum atomic E-state index is 5.68. The Morgan fingerprint density at radius 1 is 0.833 bits per heavy atom. The second-order valence-electron chi connectivity index (χ2n) is 6.96. The van der Waals surface area contributed by atoms with Gasteiger partial charge < -0.3 is 5.73 Å². The van der Waals surface area contributed by atoms with Crippen LogP contribution in [0.3, 0.4) is 0 Å². The molecule has 0 radical (unpaired) electrons. The highest BCUT2D eigenvalue weighted by atomic mass is 35.5. The Kier molecular flexibility index (Phi) is 5.90. The fourth-order valence-electron chi connectivity index (χ4n) is 1.87. The first kappa shape index (κ1) is 17.5. The van der Waals surface area contributed by atoms with Crippen molar-refractivity contribution < 1.29 is 0 Å². The highest BCUT2D eigenvalue weighted by Crippen LogP contribution is 2.30. The fourth-order valence-corrected chi connectivity index (χ4v) is 1.87. The second kappa shape index (κ2) is 6.08. The van der Waals surface area contributed by atoms with Crippen LogP contribution < -0.4 is 5.73 Å². The first-order chi connectivity index (χ1) is 7.64. The number of hydrogen-bond donors (Lipinski definition) is 1. The van der Waals surface area contributed by atoms with Crippen LogP contribution in [0.4, 0.5) is 0 Å². The van der Waals surface area contributed by atoms with Crippen molar-refractivity contribution in [3.05, 3.63) is 34.9 Å². The molecule has 0 spiro atoms. The van der Waals surface area contributed by atoms with Crippen molar-refractivity contribution in [2.24, 2.45) is 5.73 Å². The van der Waals surface area contributed by atoms with Gasteiger partial charge in [-0.3, -0.25) is 0 Å². The normalized spacial score (nSPS) is 12.2. The van der Waals surface area contributed by atoms with E-state index in [0.29, 0.717) is 0 Å². The quantitative estimate of drug-likeness (QED) is 0.855. The Labute approximate surface area is 119 Å². The number of rotatable bonds is 2. The van der Waals surface area contributed by atoms with Crippen molar-refractivity contribution in [1.29, 1.82) is 0 Å². The molecule has 0 unspecified atom stereocenters. The number of halogens is 1. The van der Waals surface area contributed by atoms with E-state index in [2.05, 4.69) is 59.7 Å². The Morgan fingerprint density at radius 2 is 1.22 bits per heavy atom. The Balaban J connectivity index is 0.00000289. The van der Waals surface area contributed by atoms with E-state index in [-0.39, 0.29) is 23.2 Å². The van der Waals surface area contributed by atoms with Crippen molar-refractivity contribution in [3.63, 3.8) is 0 Å². The molecule has 104 valence electrons. The summed E-state index contributed by atoms with van der Waals surface area (Å²) >= 11 is 0. The van der Waals surface area contributed by atoms with Gasteiger partial charge in [0.2, 0.25) is 0 Å². The Bertz CT molecular complexity index is 351. The zero-order valence-electron chi connectivity index (χ0n) is 12.6. The molecule has 0 atom stereocenters. The fraction of sp³-hybridized carbons (Fsp3) is 0.625. The van der Waals surface area contributed by atoms with Crippen molar-refractivity contribution in [2.75, 3.05) is 6.54 Å². The molecule has 2 N–H and O–H groups in total. The molecular formula is C16H28ClN. The van der Waals surface area contributed by atoms with Gasteiger partial charge >= 0.3 is 0 Å². The van der Waals surface area contributed by atoms with Gasteiger partial charge in [0.1, 0.15) is 0 Å². The van der Waals surface area contributed by atoms with Crippen LogP contribution in [0.2, 0.25) is 0 Å². The summed E-state index contributed by atoms with van der Waals surface area (Å²) in [7, 11) is 0. The van der Waals surface area contributed by atoms with E-state index in [4.69, 9.17) is 5.73 Å². The summed E-state index contributed by atoms with van der Waals surface area (Å²) in [6, 6.07) is 6.96. The van der Waals surface area contributed by atoms with Gasteiger partial charge in [0.25, 0.3) is 0 Å². The molecule has 0 amide bonds. The number of hydrogen-bond acceptors (Lipinski definition) is 1. The lowest BCUT2D eigenvalue weighted by Crippen LogP contribution is -2.17. The maximum absolute atomic E-state index is 5.68. The molecule has 0 heterocycles. The summed E-state index contributed by atoms with van der Waals surface area (Å²) in [5.41, 5.74) is 10.3. The molecule has 1 aromatic carbocycles. The van der Waals surface area contributed by atoms with Crippen molar-refractivity contribution in [2.45, 2.75) is 58.8 Å². The molecule has 0 aliphatic rings. The maximum Gasteiger partial charge on any atom is -0.00367 e. The average molecular weight is 270 g/mol.